The lowest BCUT2D eigenvalue weighted by Gasteiger charge is -2.43. The highest BCUT2D eigenvalue weighted by molar-refractivity contribution is 7.27. The second kappa shape index (κ2) is 29.4. The first kappa shape index (κ1) is 76.7. The Labute approximate surface area is 807 Å². The van der Waals surface area contributed by atoms with Crippen LogP contribution in [0.25, 0.3) is 210 Å². The van der Waals surface area contributed by atoms with Crippen molar-refractivity contribution in [2.24, 2.45) is 0 Å². The number of benzene rings is 21. The Balaban J connectivity index is 0.0000000959. The smallest absolute Gasteiger partial charge is 0.329 e. The van der Waals surface area contributed by atoms with Gasteiger partial charge in [-0.15, -0.1) is 34.0 Å². The summed E-state index contributed by atoms with van der Waals surface area (Å²) in [5.41, 5.74) is 42.8. The quantitative estimate of drug-likeness (QED) is 0.165. The van der Waals surface area contributed by atoms with Crippen molar-refractivity contribution in [3.05, 3.63) is 455 Å². The molecular weight excluding hydrogens is 1730 g/mol. The number of para-hydroxylation sites is 11. The van der Waals surface area contributed by atoms with E-state index < -0.39 is 0 Å². The molecule has 21 aromatic carbocycles. The normalized spacial score (nSPS) is 13.1. The van der Waals surface area contributed by atoms with Crippen molar-refractivity contribution in [1.29, 1.82) is 0 Å². The van der Waals surface area contributed by atoms with Crippen LogP contribution in [-0.2, 0) is 0 Å². The van der Waals surface area contributed by atoms with Crippen LogP contribution in [0.5, 0.6) is 0 Å². The van der Waals surface area contributed by atoms with Crippen molar-refractivity contribution in [1.82, 2.24) is 13.7 Å². The van der Waals surface area contributed by atoms with Gasteiger partial charge in [0.2, 0.25) is 0 Å². The van der Waals surface area contributed by atoms with Crippen LogP contribution in [0.1, 0.15) is 0 Å². The highest BCUT2D eigenvalue weighted by Crippen LogP contribution is 2.57. The highest BCUT2D eigenvalue weighted by atomic mass is 32.1. The van der Waals surface area contributed by atoms with Crippen LogP contribution in [0.2, 0.25) is 0 Å². The van der Waals surface area contributed by atoms with Gasteiger partial charge in [-0.05, 0) is 205 Å². The number of fused-ring (bicyclic) bond motifs is 53. The molecule has 6 aliphatic rings. The van der Waals surface area contributed by atoms with Gasteiger partial charge in [-0.2, -0.15) is 0 Å². The van der Waals surface area contributed by atoms with Gasteiger partial charge >= 0.3 is 20.5 Å². The number of anilines is 6. The second-order valence-corrected chi connectivity index (χ2v) is 40.6. The molecule has 636 valence electrons. The fourth-order valence-electron chi connectivity index (χ4n) is 24.9. The number of rotatable bonds is 3. The van der Waals surface area contributed by atoms with E-state index in [9.17, 15) is 0 Å². The third-order valence-electron chi connectivity index (χ3n) is 30.5. The summed E-state index contributed by atoms with van der Waals surface area (Å²) in [6, 6.07) is 169. The van der Waals surface area contributed by atoms with Crippen LogP contribution in [-0.4, -0.2) is 34.2 Å². The Kier molecular flexibility index (Phi) is 16.3. The average molecular weight is 1800 g/mol. The Morgan fingerprint density at radius 2 is 0.507 bits per heavy atom. The molecule has 6 nitrogen and oxygen atoms in total. The fourth-order valence-corrected chi connectivity index (χ4v) is 28.5. The van der Waals surface area contributed by atoms with Gasteiger partial charge in [0.25, 0.3) is 0 Å². The third-order valence-corrected chi connectivity index (χ3v) is 33.9. The van der Waals surface area contributed by atoms with Crippen LogP contribution in [0.4, 0.5) is 34.1 Å². The number of hydrogen-bond acceptors (Lipinski definition) is 6. The van der Waals surface area contributed by atoms with Gasteiger partial charge in [-0.3, -0.25) is 0 Å². The molecule has 0 amide bonds. The number of aromatic nitrogens is 3. The lowest BCUT2D eigenvalue weighted by atomic mass is 9.43. The van der Waals surface area contributed by atoms with Gasteiger partial charge in [0.15, 0.2) is 0 Å². The molecule has 0 unspecified atom stereocenters. The molecule has 0 fully saturated rings. The van der Waals surface area contributed by atoms with E-state index in [0.717, 1.165) is 0 Å². The van der Waals surface area contributed by atoms with Crippen LogP contribution < -0.4 is 47.2 Å². The molecule has 0 N–H and O–H groups in total. The standard InChI is InChI=1S/3C42H25BN2S/c1-2-12-26(13-3-1)44-37-19-9-5-17-30(37)32-25-42-34(23-40(32)44)33-22-36-31(24-41(33)46-42)29-16-7-11-21-39(29)45-38-20-10-6-15-28(38)27-14-4-8-18-35(27)43(36)45;1-2-12-26(13-3-1)44-36-19-9-5-16-29(36)32-25-40-33(24-39(32)44)30-22-23-35-41(42(30)46-40)31-17-7-11-21-38(31)45-37-20-10-6-15-28(37)27-14-4-8-18-34(27)43(35)45;1-2-12-26(13-3-1)44-36-20-10-6-17-30(36)32-24-33-40(25-38(32)44)46-39-23-22-31-28-15-5-9-19-35(28)43-34-18-8-4-14-27(34)29-16-7-11-21-37(29)45(43)42(31)41(33)39/h3*1-25H. The zero-order chi connectivity index (χ0) is 89.8. The zero-order valence-electron chi connectivity index (χ0n) is 74.4. The van der Waals surface area contributed by atoms with Gasteiger partial charge in [0.05, 0.1) is 33.1 Å². The molecule has 138 heavy (non-hydrogen) atoms. The molecule has 0 spiro atoms. The Hall–Kier alpha value is -16.7. The summed E-state index contributed by atoms with van der Waals surface area (Å²) < 4.78 is 15.3. The molecule has 0 radical (unpaired) electrons. The average Bonchev–Trinajstić information content (AvgIpc) is 1.27. The SMILES string of the molecule is c1ccc(-n2c3ccccc3c3cc4c(cc32)sc2ccc3c(c24)N2B(c4ccccc4-c4ccccc42)c2ccccc2-3)cc1.c1ccc(-n2c3ccccc3c3cc4sc5c6c(ccc5c4cc32)B2c3ccccc3-c3ccccc3N2c2ccccc2-6)cc1.c1ccc(-n2c3ccccc3c3cc4sc5cc6c(cc5c4cc32)B2c3ccccc3-c3ccccc3N2c2ccccc2-6)cc1. The van der Waals surface area contributed by atoms with Gasteiger partial charge in [-0.25, -0.2) is 0 Å². The fraction of sp³-hybridized carbons (Fsp3) is 0. The van der Waals surface area contributed by atoms with Crippen molar-refractivity contribution in [3.8, 4) is 83.8 Å². The van der Waals surface area contributed by atoms with E-state index in [1.54, 1.807) is 0 Å². The minimum absolute atomic E-state index is 0.0925. The van der Waals surface area contributed by atoms with Crippen LogP contribution in [0.3, 0.4) is 0 Å². The van der Waals surface area contributed by atoms with Crippen molar-refractivity contribution in [2.75, 3.05) is 14.4 Å². The number of nitrogens with zero attached hydrogens (tertiary/aromatic N) is 6. The number of hydrogen-bond donors (Lipinski definition) is 0. The van der Waals surface area contributed by atoms with Gasteiger partial charge in [0, 0.05) is 172 Å². The highest BCUT2D eigenvalue weighted by Gasteiger charge is 2.47. The van der Waals surface area contributed by atoms with Crippen molar-refractivity contribution in [2.45, 2.75) is 0 Å². The molecule has 12 heterocycles. The van der Waals surface area contributed by atoms with Crippen LogP contribution >= 0.6 is 34.0 Å². The zero-order valence-corrected chi connectivity index (χ0v) is 76.9. The summed E-state index contributed by atoms with van der Waals surface area (Å²) >= 11 is 5.78. The Morgan fingerprint density at radius 1 is 0.167 bits per heavy atom. The van der Waals surface area contributed by atoms with E-state index in [4.69, 9.17) is 0 Å². The minimum atomic E-state index is 0.0925. The summed E-state index contributed by atoms with van der Waals surface area (Å²) in [6.07, 6.45) is 0. The minimum Gasteiger partial charge on any atom is -0.376 e. The lowest BCUT2D eigenvalue weighted by molar-refractivity contribution is 1.18. The first-order chi connectivity index (χ1) is 68.5. The van der Waals surface area contributed by atoms with Crippen LogP contribution in [0.15, 0.2) is 455 Å². The second-order valence-electron chi connectivity index (χ2n) is 37.4. The molecule has 12 heteroatoms. The van der Waals surface area contributed by atoms with E-state index in [0.29, 0.717) is 0 Å². The monoisotopic (exact) mass is 1800 g/mol. The van der Waals surface area contributed by atoms with E-state index in [2.05, 4.69) is 483 Å². The van der Waals surface area contributed by atoms with Gasteiger partial charge in [-0.1, -0.05) is 322 Å². The maximum atomic E-state index is 2.65. The Morgan fingerprint density at radius 3 is 1.00 bits per heavy atom. The molecule has 6 aliphatic heterocycles. The van der Waals surface area contributed by atoms with E-state index in [-0.39, 0.29) is 20.5 Å². The van der Waals surface area contributed by atoms with Gasteiger partial charge in [0.1, 0.15) is 0 Å². The topological polar surface area (TPSA) is 24.5 Å². The summed E-state index contributed by atoms with van der Waals surface area (Å²) in [5, 5.41) is 15.8. The van der Waals surface area contributed by atoms with Crippen molar-refractivity contribution >= 4 is 247 Å². The summed E-state index contributed by atoms with van der Waals surface area (Å²) in [6.45, 7) is 0.296. The predicted molar refractivity (Wildman–Crippen MR) is 594 cm³/mol. The molecule has 33 rings (SSSR count). The van der Waals surface area contributed by atoms with Crippen molar-refractivity contribution in [3.63, 3.8) is 0 Å². The van der Waals surface area contributed by atoms with E-state index in [1.165, 1.54) is 277 Å². The molecule has 0 aliphatic carbocycles. The molecular formula is C126H75B3N6S3. The largest absolute Gasteiger partial charge is 0.376 e. The van der Waals surface area contributed by atoms with Gasteiger partial charge < -0.3 is 28.1 Å². The molecule has 27 aromatic rings. The summed E-state index contributed by atoms with van der Waals surface area (Å²) in [7, 11) is 0. The van der Waals surface area contributed by atoms with Crippen LogP contribution in [0, 0.1) is 0 Å². The van der Waals surface area contributed by atoms with E-state index in [1.807, 2.05) is 34.0 Å². The van der Waals surface area contributed by atoms with Crippen molar-refractivity contribution < 1.29 is 0 Å². The molecule has 0 saturated carbocycles. The maximum Gasteiger partial charge on any atom is 0.329 e. The maximum absolute atomic E-state index is 2.65. The summed E-state index contributed by atoms with van der Waals surface area (Å²) in [5.74, 6) is 0. The summed E-state index contributed by atoms with van der Waals surface area (Å²) in [4.78, 5) is 7.82. The molecule has 0 saturated heterocycles. The lowest BCUT2D eigenvalue weighted by Crippen LogP contribution is -2.59. The van der Waals surface area contributed by atoms with E-state index >= 15 is 0 Å². The molecule has 0 atom stereocenters. The third kappa shape index (κ3) is 10.8. The predicted octanol–water partition coefficient (Wildman–Crippen LogP) is 30.2. The number of thiophene rings is 3. The first-order valence-corrected chi connectivity index (χ1v) is 50.1. The first-order valence-electron chi connectivity index (χ1n) is 47.7. The molecule has 0 bridgehead atoms. The molecule has 6 aromatic heterocycles. The Bertz CT molecular complexity index is 9960.